The van der Waals surface area contributed by atoms with Gasteiger partial charge in [0, 0.05) is 26.0 Å². The molecule has 2 aromatic heterocycles. The van der Waals surface area contributed by atoms with Crippen LogP contribution in [0.3, 0.4) is 0 Å². The smallest absolute Gasteiger partial charge is 0.423 e. The fourth-order valence-corrected chi connectivity index (χ4v) is 3.46. The molecular formula is C18H19IN4O3. The van der Waals surface area contributed by atoms with Crippen LogP contribution in [0.2, 0.25) is 0 Å². The number of halogens is 1. The molecule has 1 saturated carbocycles. The van der Waals surface area contributed by atoms with Gasteiger partial charge >= 0.3 is 6.09 Å². The molecule has 0 atom stereocenters. The van der Waals surface area contributed by atoms with Crippen molar-refractivity contribution in [1.29, 1.82) is 0 Å². The number of imide groups is 1. The van der Waals surface area contributed by atoms with Gasteiger partial charge in [-0.05, 0) is 55.5 Å². The number of hydrogen-bond acceptors (Lipinski definition) is 4. The van der Waals surface area contributed by atoms with Gasteiger partial charge in [-0.15, -0.1) is 5.10 Å². The van der Waals surface area contributed by atoms with Crippen LogP contribution in [0.5, 0.6) is 0 Å². The molecule has 0 aromatic carbocycles. The first kappa shape index (κ1) is 18.6. The summed E-state index contributed by atoms with van der Waals surface area (Å²) in [7, 11) is 0. The van der Waals surface area contributed by atoms with E-state index in [1.165, 1.54) is 6.92 Å². The van der Waals surface area contributed by atoms with E-state index < -0.39 is 23.1 Å². The van der Waals surface area contributed by atoms with E-state index in [4.69, 9.17) is 11.3 Å². The maximum Gasteiger partial charge on any atom is 0.423 e. The summed E-state index contributed by atoms with van der Waals surface area (Å²) in [5.74, 6) is -0.238. The van der Waals surface area contributed by atoms with E-state index in [0.717, 1.165) is 28.8 Å². The molecule has 1 aliphatic rings. The van der Waals surface area contributed by atoms with Crippen LogP contribution in [0.4, 0.5) is 10.6 Å². The molecule has 0 aliphatic heterocycles. The predicted molar refractivity (Wildman–Crippen MR) is 105 cm³/mol. The fourth-order valence-electron chi connectivity index (χ4n) is 2.68. The van der Waals surface area contributed by atoms with E-state index in [0.29, 0.717) is 3.57 Å². The summed E-state index contributed by atoms with van der Waals surface area (Å²) >= 11 is 2.07. The van der Waals surface area contributed by atoms with Crippen molar-refractivity contribution in [3.05, 3.63) is 38.9 Å². The van der Waals surface area contributed by atoms with E-state index in [2.05, 4.69) is 32.5 Å². The summed E-state index contributed by atoms with van der Waals surface area (Å²) in [5, 5.41) is 4.43. The number of pyridine rings is 1. The molecule has 0 unspecified atom stereocenters. The van der Waals surface area contributed by atoms with Gasteiger partial charge in [0.15, 0.2) is 5.82 Å². The van der Waals surface area contributed by atoms with E-state index in [-0.39, 0.29) is 5.82 Å². The van der Waals surface area contributed by atoms with E-state index in [9.17, 15) is 9.59 Å². The summed E-state index contributed by atoms with van der Waals surface area (Å²) in [4.78, 5) is 29.3. The second-order valence-electron chi connectivity index (χ2n) is 7.36. The number of hydrogen-bond donors (Lipinski definition) is 0. The van der Waals surface area contributed by atoms with Crippen LogP contribution in [0.15, 0.2) is 18.3 Å². The Labute approximate surface area is 165 Å². The van der Waals surface area contributed by atoms with Gasteiger partial charge in [-0.25, -0.2) is 15.9 Å². The molecule has 136 valence electrons. The first-order valence-corrected chi connectivity index (χ1v) is 9.26. The Hall–Kier alpha value is -2.15. The second kappa shape index (κ2) is 6.23. The molecule has 0 bridgehead atoms. The third-order valence-electron chi connectivity index (χ3n) is 4.13. The lowest BCUT2D eigenvalue weighted by molar-refractivity contribution is -0.116. The minimum absolute atomic E-state index is 0.233. The first-order valence-electron chi connectivity index (χ1n) is 8.19. The summed E-state index contributed by atoms with van der Waals surface area (Å²) in [6.45, 7) is 13.9. The molecule has 3 rings (SSSR count). The lowest BCUT2D eigenvalue weighted by atomic mass is 10.1. The van der Waals surface area contributed by atoms with Crippen LogP contribution in [-0.2, 0) is 15.1 Å². The topological polar surface area (TPSA) is 68.3 Å². The maximum absolute atomic E-state index is 12.5. The Morgan fingerprint density at radius 1 is 1.38 bits per heavy atom. The van der Waals surface area contributed by atoms with Crippen molar-refractivity contribution in [1.82, 2.24) is 9.61 Å². The standard InChI is InChI=1S/C18H19IN4O3/c1-11(24)23(16(25)26-17(2,3)4)15-14(19)13-7-6-12(10-22(13)21-15)18(20-5)8-9-18/h6-7,10H,8-9H2,1-4H3. The van der Waals surface area contributed by atoms with Crippen molar-refractivity contribution in [2.75, 3.05) is 4.90 Å². The molecule has 2 aromatic rings. The Balaban J connectivity index is 2.05. The van der Waals surface area contributed by atoms with Crippen LogP contribution in [0, 0.1) is 10.1 Å². The molecule has 1 aliphatic carbocycles. The van der Waals surface area contributed by atoms with E-state index in [1.54, 1.807) is 31.5 Å². The molecule has 1 fully saturated rings. The monoisotopic (exact) mass is 466 g/mol. The molecule has 2 amide bonds. The number of ether oxygens (including phenoxy) is 1. The van der Waals surface area contributed by atoms with E-state index >= 15 is 0 Å². The van der Waals surface area contributed by atoms with Crippen molar-refractivity contribution in [2.24, 2.45) is 0 Å². The van der Waals surface area contributed by atoms with Crippen LogP contribution >= 0.6 is 22.6 Å². The average molecular weight is 466 g/mol. The van der Waals surface area contributed by atoms with Crippen molar-refractivity contribution < 1.29 is 14.3 Å². The second-order valence-corrected chi connectivity index (χ2v) is 8.44. The predicted octanol–water partition coefficient (Wildman–Crippen LogP) is 4.14. The van der Waals surface area contributed by atoms with Gasteiger partial charge in [0.1, 0.15) is 5.60 Å². The average Bonchev–Trinajstić information content (AvgIpc) is 3.26. The van der Waals surface area contributed by atoms with E-state index in [1.807, 2.05) is 12.1 Å². The highest BCUT2D eigenvalue weighted by molar-refractivity contribution is 14.1. The molecule has 26 heavy (non-hydrogen) atoms. The number of anilines is 1. The van der Waals surface area contributed by atoms with Crippen LogP contribution < -0.4 is 4.90 Å². The summed E-state index contributed by atoms with van der Waals surface area (Å²) in [6.07, 6.45) is 2.72. The van der Waals surface area contributed by atoms with Crippen LogP contribution in [0.1, 0.15) is 46.1 Å². The summed E-state index contributed by atoms with van der Waals surface area (Å²) in [6, 6.07) is 3.78. The maximum atomic E-state index is 12.5. The highest BCUT2D eigenvalue weighted by atomic mass is 127. The van der Waals surface area contributed by atoms with Gasteiger partial charge < -0.3 is 9.58 Å². The minimum Gasteiger partial charge on any atom is -0.443 e. The highest BCUT2D eigenvalue weighted by Crippen LogP contribution is 2.49. The van der Waals surface area contributed by atoms with Crippen molar-refractivity contribution in [3.63, 3.8) is 0 Å². The molecule has 0 spiro atoms. The highest BCUT2D eigenvalue weighted by Gasteiger charge is 2.52. The van der Waals surface area contributed by atoms with Crippen molar-refractivity contribution >= 4 is 45.9 Å². The van der Waals surface area contributed by atoms with Crippen LogP contribution in [-0.4, -0.2) is 27.2 Å². The third-order valence-corrected chi connectivity index (χ3v) is 5.17. The van der Waals surface area contributed by atoms with Gasteiger partial charge in [0.05, 0.1) is 14.7 Å². The number of carbonyl (C=O) groups excluding carboxylic acids is 2. The molecule has 0 saturated heterocycles. The third kappa shape index (κ3) is 3.28. The summed E-state index contributed by atoms with van der Waals surface area (Å²) < 4.78 is 7.64. The van der Waals surface area contributed by atoms with Crippen LogP contribution in [0.25, 0.3) is 10.4 Å². The molecule has 7 nitrogen and oxygen atoms in total. The number of fused-ring (bicyclic) bond motifs is 1. The first-order chi connectivity index (χ1) is 12.1. The van der Waals surface area contributed by atoms with Gasteiger partial charge in [0.25, 0.3) is 5.54 Å². The zero-order chi connectivity index (χ0) is 19.3. The number of aromatic nitrogens is 2. The number of carbonyl (C=O) groups is 2. The zero-order valence-corrected chi connectivity index (χ0v) is 17.2. The quantitative estimate of drug-likeness (QED) is 0.493. The largest absolute Gasteiger partial charge is 0.443 e. The SMILES string of the molecule is [C-]#[N+]C1(c2ccc3c(I)c(N(C(C)=O)C(=O)OC(C)(C)C)nn3c2)CC1. The normalized spacial score (nSPS) is 15.4. The van der Waals surface area contributed by atoms with Crippen molar-refractivity contribution in [3.8, 4) is 0 Å². The Bertz CT molecular complexity index is 948. The number of rotatable bonds is 2. The Morgan fingerprint density at radius 2 is 2.04 bits per heavy atom. The number of nitrogens with zero attached hydrogens (tertiary/aromatic N) is 4. The zero-order valence-electron chi connectivity index (χ0n) is 15.0. The Morgan fingerprint density at radius 3 is 2.54 bits per heavy atom. The molecule has 2 heterocycles. The lowest BCUT2D eigenvalue weighted by Crippen LogP contribution is -2.40. The number of amides is 2. The van der Waals surface area contributed by atoms with Gasteiger partial charge in [-0.1, -0.05) is 0 Å². The van der Waals surface area contributed by atoms with Crippen molar-refractivity contribution in [2.45, 2.75) is 51.7 Å². The Kier molecular flexibility index (Phi) is 4.46. The van der Waals surface area contributed by atoms with Gasteiger partial charge in [-0.2, -0.15) is 4.90 Å². The summed E-state index contributed by atoms with van der Waals surface area (Å²) in [5.41, 5.74) is 0.491. The minimum atomic E-state index is -0.758. The van der Waals surface area contributed by atoms with Gasteiger partial charge in [0.2, 0.25) is 5.91 Å². The van der Waals surface area contributed by atoms with Gasteiger partial charge in [-0.3, -0.25) is 4.79 Å². The molecule has 0 radical (unpaired) electrons. The molecule has 8 heteroatoms. The molecular weight excluding hydrogens is 447 g/mol. The fraction of sp³-hybridized carbons (Fsp3) is 0.444. The lowest BCUT2D eigenvalue weighted by Gasteiger charge is -2.24. The molecule has 0 N–H and O–H groups in total.